The van der Waals surface area contributed by atoms with Gasteiger partial charge in [-0.3, -0.25) is 4.79 Å². The predicted octanol–water partition coefficient (Wildman–Crippen LogP) is 0.968. The number of aliphatic hydroxyl groups is 1. The molecule has 0 unspecified atom stereocenters. The summed E-state index contributed by atoms with van der Waals surface area (Å²) in [6.45, 7) is 0.0470. The maximum absolute atomic E-state index is 12.8. The molecule has 3 saturated heterocycles. The summed E-state index contributed by atoms with van der Waals surface area (Å²) in [5.41, 5.74) is -0.368. The minimum atomic E-state index is -0.949. The van der Waals surface area contributed by atoms with Crippen LogP contribution in [0.3, 0.4) is 0 Å². The number of amides is 1. The summed E-state index contributed by atoms with van der Waals surface area (Å²) < 4.78 is 5.16. The number of carbonyl (C=O) groups is 2. The fourth-order valence-electron chi connectivity index (χ4n) is 4.33. The average molecular weight is 287 g/mol. The summed E-state index contributed by atoms with van der Waals surface area (Å²) in [6.07, 6.45) is 1.42. The van der Waals surface area contributed by atoms with Crippen molar-refractivity contribution in [2.45, 2.75) is 36.9 Å². The molecule has 4 rings (SSSR count). The first-order valence-corrected chi connectivity index (χ1v) is 7.38. The molecule has 5 heteroatoms. The molecule has 1 N–H and O–H groups in total. The molecule has 1 amide bonds. The molecule has 3 aliphatic heterocycles. The summed E-state index contributed by atoms with van der Waals surface area (Å²) in [4.78, 5) is 27.0. The molecule has 0 aliphatic carbocycles. The number of hydrogen-bond donors (Lipinski definition) is 1. The fraction of sp³-hybridized carbons (Fsp3) is 0.500. The van der Waals surface area contributed by atoms with E-state index >= 15 is 0 Å². The lowest BCUT2D eigenvalue weighted by Crippen LogP contribution is -2.61. The molecule has 21 heavy (non-hydrogen) atoms. The smallest absolute Gasteiger partial charge is 0.332 e. The van der Waals surface area contributed by atoms with Gasteiger partial charge in [0.05, 0.1) is 6.10 Å². The lowest BCUT2D eigenvalue weighted by molar-refractivity contribution is -0.175. The Hall–Kier alpha value is -1.88. The Morgan fingerprint density at radius 2 is 2.10 bits per heavy atom. The molecular formula is C16H17NO4. The topological polar surface area (TPSA) is 66.8 Å². The summed E-state index contributed by atoms with van der Waals surface area (Å²) in [5.74, 6) is -0.668. The van der Waals surface area contributed by atoms with Crippen LogP contribution >= 0.6 is 0 Å². The minimum Gasteiger partial charge on any atom is -0.461 e. The molecule has 1 aromatic carbocycles. The Labute approximate surface area is 122 Å². The summed E-state index contributed by atoms with van der Waals surface area (Å²) in [5, 5.41) is 10.2. The molecule has 0 radical (unpaired) electrons. The molecule has 2 bridgehead atoms. The van der Waals surface area contributed by atoms with E-state index in [9.17, 15) is 14.7 Å². The van der Waals surface area contributed by atoms with E-state index in [1.807, 2.05) is 18.2 Å². The molecule has 0 aromatic heterocycles. The van der Waals surface area contributed by atoms with Gasteiger partial charge in [0.1, 0.15) is 12.1 Å². The number of nitrogens with zero attached hydrogens (tertiary/aromatic N) is 1. The average Bonchev–Trinajstić information content (AvgIpc) is 3.05. The SMILES string of the molecule is O=C(c1ccccc1)N1[C@@H]2CC[C@@]13C(=O)OC[C@@H](O)[C@@H]3C2. The highest BCUT2D eigenvalue weighted by Crippen LogP contribution is 2.54. The Morgan fingerprint density at radius 1 is 1.33 bits per heavy atom. The van der Waals surface area contributed by atoms with Crippen LogP contribution in [-0.4, -0.2) is 46.2 Å². The van der Waals surface area contributed by atoms with Gasteiger partial charge in [0.2, 0.25) is 0 Å². The molecule has 0 saturated carbocycles. The summed E-state index contributed by atoms with van der Waals surface area (Å²) in [7, 11) is 0. The Morgan fingerprint density at radius 3 is 2.86 bits per heavy atom. The van der Waals surface area contributed by atoms with E-state index in [2.05, 4.69) is 0 Å². The first-order chi connectivity index (χ1) is 10.1. The molecular weight excluding hydrogens is 270 g/mol. The van der Waals surface area contributed by atoms with Crippen molar-refractivity contribution in [2.75, 3.05) is 6.61 Å². The number of benzene rings is 1. The van der Waals surface area contributed by atoms with Gasteiger partial charge in [-0.05, 0) is 31.4 Å². The summed E-state index contributed by atoms with van der Waals surface area (Å²) >= 11 is 0. The van der Waals surface area contributed by atoms with Crippen LogP contribution in [0.15, 0.2) is 30.3 Å². The van der Waals surface area contributed by atoms with Crippen LogP contribution in [0.2, 0.25) is 0 Å². The number of cyclic esters (lactones) is 1. The van der Waals surface area contributed by atoms with Crippen LogP contribution in [0.5, 0.6) is 0 Å². The van der Waals surface area contributed by atoms with Crippen LogP contribution in [0.4, 0.5) is 0 Å². The van der Waals surface area contributed by atoms with Crippen molar-refractivity contribution in [1.82, 2.24) is 4.90 Å². The number of fused-ring (bicyclic) bond motifs is 1. The number of rotatable bonds is 1. The third-order valence-corrected chi connectivity index (χ3v) is 5.24. The van der Waals surface area contributed by atoms with Crippen molar-refractivity contribution in [3.05, 3.63) is 35.9 Å². The number of carbonyl (C=O) groups excluding carboxylic acids is 2. The van der Waals surface area contributed by atoms with Crippen molar-refractivity contribution in [3.63, 3.8) is 0 Å². The summed E-state index contributed by atoms with van der Waals surface area (Å²) in [6, 6.07) is 9.04. The van der Waals surface area contributed by atoms with E-state index in [0.29, 0.717) is 18.4 Å². The highest BCUT2D eigenvalue weighted by molar-refractivity contribution is 5.99. The maximum Gasteiger partial charge on any atom is 0.332 e. The molecule has 4 atom stereocenters. The number of aliphatic hydroxyl groups excluding tert-OH is 1. The van der Waals surface area contributed by atoms with Crippen molar-refractivity contribution in [3.8, 4) is 0 Å². The number of ether oxygens (including phenoxy) is 1. The highest BCUT2D eigenvalue weighted by atomic mass is 16.5. The van der Waals surface area contributed by atoms with Crippen molar-refractivity contribution >= 4 is 11.9 Å². The van der Waals surface area contributed by atoms with Crippen LogP contribution < -0.4 is 0 Å². The third-order valence-electron chi connectivity index (χ3n) is 5.24. The molecule has 1 spiro atoms. The monoisotopic (exact) mass is 287 g/mol. The van der Waals surface area contributed by atoms with Crippen LogP contribution in [0.25, 0.3) is 0 Å². The zero-order valence-corrected chi connectivity index (χ0v) is 11.6. The lowest BCUT2D eigenvalue weighted by atomic mass is 9.73. The Balaban J connectivity index is 1.76. The molecule has 1 aromatic rings. The zero-order valence-electron chi connectivity index (χ0n) is 11.6. The van der Waals surface area contributed by atoms with E-state index in [-0.39, 0.29) is 30.4 Å². The predicted molar refractivity (Wildman–Crippen MR) is 73.4 cm³/mol. The van der Waals surface area contributed by atoms with E-state index in [4.69, 9.17) is 4.74 Å². The van der Waals surface area contributed by atoms with Gasteiger partial charge in [0, 0.05) is 17.5 Å². The van der Waals surface area contributed by atoms with Gasteiger partial charge in [-0.2, -0.15) is 0 Å². The van der Waals surface area contributed by atoms with Gasteiger partial charge < -0.3 is 14.7 Å². The lowest BCUT2D eigenvalue weighted by Gasteiger charge is -2.42. The fourth-order valence-corrected chi connectivity index (χ4v) is 4.33. The van der Waals surface area contributed by atoms with Crippen LogP contribution in [0.1, 0.15) is 29.6 Å². The van der Waals surface area contributed by atoms with E-state index in [1.165, 1.54) is 0 Å². The number of esters is 1. The normalized spacial score (nSPS) is 37.3. The highest BCUT2D eigenvalue weighted by Gasteiger charge is 2.68. The first kappa shape index (κ1) is 12.8. The van der Waals surface area contributed by atoms with Crippen LogP contribution in [0, 0.1) is 5.92 Å². The van der Waals surface area contributed by atoms with Gasteiger partial charge in [-0.1, -0.05) is 18.2 Å². The molecule has 3 heterocycles. The maximum atomic E-state index is 12.8. The molecule has 3 fully saturated rings. The Bertz CT molecular complexity index is 602. The second-order valence-electron chi connectivity index (χ2n) is 6.17. The van der Waals surface area contributed by atoms with E-state index in [0.717, 1.165) is 6.42 Å². The zero-order chi connectivity index (χ0) is 14.6. The minimum absolute atomic E-state index is 0.0306. The molecule has 110 valence electrons. The van der Waals surface area contributed by atoms with Gasteiger partial charge in [0.25, 0.3) is 5.91 Å². The van der Waals surface area contributed by atoms with Gasteiger partial charge >= 0.3 is 5.97 Å². The van der Waals surface area contributed by atoms with Crippen molar-refractivity contribution in [1.29, 1.82) is 0 Å². The molecule has 3 aliphatic rings. The second-order valence-corrected chi connectivity index (χ2v) is 6.17. The molecule has 5 nitrogen and oxygen atoms in total. The standard InChI is InChI=1S/C16H17NO4/c18-13-9-21-15(20)16-7-6-11(8-12(13)16)17(16)14(19)10-4-2-1-3-5-10/h1-5,11-13,18H,6-9H2/t11-,12+,13-,16-/m1/s1. The van der Waals surface area contributed by atoms with Gasteiger partial charge in [0.15, 0.2) is 0 Å². The van der Waals surface area contributed by atoms with Crippen LogP contribution in [-0.2, 0) is 9.53 Å². The van der Waals surface area contributed by atoms with E-state index < -0.39 is 11.6 Å². The van der Waals surface area contributed by atoms with Crippen molar-refractivity contribution < 1.29 is 19.4 Å². The van der Waals surface area contributed by atoms with Crippen molar-refractivity contribution in [2.24, 2.45) is 5.92 Å². The second kappa shape index (κ2) is 4.31. The largest absolute Gasteiger partial charge is 0.461 e. The van der Waals surface area contributed by atoms with E-state index in [1.54, 1.807) is 17.0 Å². The van der Waals surface area contributed by atoms with Gasteiger partial charge in [-0.25, -0.2) is 4.79 Å². The third kappa shape index (κ3) is 1.55. The first-order valence-electron chi connectivity index (χ1n) is 7.38. The quantitative estimate of drug-likeness (QED) is 0.782. The Kier molecular flexibility index (Phi) is 2.63. The number of hydrogen-bond acceptors (Lipinski definition) is 4. The van der Waals surface area contributed by atoms with Gasteiger partial charge in [-0.15, -0.1) is 0 Å².